The molecule has 1 rings (SSSR count). The average Bonchev–Trinajstić information content (AvgIpc) is 2.46. The van der Waals surface area contributed by atoms with Crippen molar-refractivity contribution >= 4 is 5.97 Å². The molecule has 0 aromatic heterocycles. The molecule has 4 nitrogen and oxygen atoms in total. The highest BCUT2D eigenvalue weighted by Crippen LogP contribution is 2.18. The van der Waals surface area contributed by atoms with Gasteiger partial charge in [0, 0.05) is 0 Å². The van der Waals surface area contributed by atoms with Crippen LogP contribution in [0.2, 0.25) is 0 Å². The molecule has 0 saturated carbocycles. The first-order chi connectivity index (χ1) is 10.8. The third-order valence-electron chi connectivity index (χ3n) is 3.61. The Morgan fingerprint density at radius 2 is 1.83 bits per heavy atom. The highest BCUT2D eigenvalue weighted by molar-refractivity contribution is 5.72. The van der Waals surface area contributed by atoms with E-state index in [1.54, 1.807) is 0 Å². The summed E-state index contributed by atoms with van der Waals surface area (Å²) < 4.78 is 17.7. The Morgan fingerprint density at radius 3 is 2.39 bits per heavy atom. The van der Waals surface area contributed by atoms with Crippen molar-refractivity contribution in [2.45, 2.75) is 51.7 Å². The molecule has 2 unspecified atom stereocenters. The molecular weight excluding hydrogens is 299 g/mol. The lowest BCUT2D eigenvalue weighted by atomic mass is 9.96. The molecular formula is C18H25FO4. The largest absolute Gasteiger partial charge is 0.426 e. The van der Waals surface area contributed by atoms with Gasteiger partial charge in [-0.2, -0.15) is 0 Å². The van der Waals surface area contributed by atoms with E-state index in [1.165, 1.54) is 24.3 Å². The van der Waals surface area contributed by atoms with Crippen LogP contribution < -0.4 is 4.74 Å². The van der Waals surface area contributed by atoms with Crippen molar-refractivity contribution in [1.29, 1.82) is 0 Å². The van der Waals surface area contributed by atoms with Gasteiger partial charge < -0.3 is 14.9 Å². The monoisotopic (exact) mass is 324 g/mol. The Bertz CT molecular complexity index is 510. The maximum absolute atomic E-state index is 12.7. The minimum absolute atomic E-state index is 0.101. The molecule has 0 radical (unpaired) electrons. The summed E-state index contributed by atoms with van der Waals surface area (Å²) in [4.78, 5) is 11.7. The summed E-state index contributed by atoms with van der Waals surface area (Å²) in [6.45, 7) is 8.01. The molecule has 5 heteroatoms. The van der Waals surface area contributed by atoms with Gasteiger partial charge in [-0.3, -0.25) is 4.79 Å². The fourth-order valence-electron chi connectivity index (χ4n) is 2.02. The summed E-state index contributed by atoms with van der Waals surface area (Å²) in [5.74, 6) is -0.464. The van der Waals surface area contributed by atoms with Gasteiger partial charge >= 0.3 is 5.97 Å². The zero-order valence-corrected chi connectivity index (χ0v) is 13.7. The second-order valence-electron chi connectivity index (χ2n) is 6.03. The van der Waals surface area contributed by atoms with E-state index in [-0.39, 0.29) is 18.6 Å². The molecule has 1 aromatic carbocycles. The summed E-state index contributed by atoms with van der Waals surface area (Å²) in [7, 11) is 0. The van der Waals surface area contributed by atoms with Gasteiger partial charge in [-0.05, 0) is 49.4 Å². The third kappa shape index (κ3) is 7.90. The number of allylic oxidation sites excluding steroid dienone is 1. The molecule has 0 aliphatic heterocycles. The molecule has 0 heterocycles. The summed E-state index contributed by atoms with van der Waals surface area (Å²) in [5.41, 5.74) is 1.05. The predicted molar refractivity (Wildman–Crippen MR) is 86.5 cm³/mol. The summed E-state index contributed by atoms with van der Waals surface area (Å²) >= 11 is 0. The van der Waals surface area contributed by atoms with Crippen molar-refractivity contribution < 1.29 is 24.1 Å². The molecule has 23 heavy (non-hydrogen) atoms. The maximum atomic E-state index is 12.7. The number of carbonyl (C=O) groups is 1. The SMILES string of the molecule is C=C(CCC(O)CC(O)CC(=O)Oc1ccc(F)cc1)C(C)C. The van der Waals surface area contributed by atoms with E-state index in [0.29, 0.717) is 18.8 Å². The van der Waals surface area contributed by atoms with Crippen LogP contribution in [0.4, 0.5) is 4.39 Å². The van der Waals surface area contributed by atoms with Gasteiger partial charge in [0.15, 0.2) is 0 Å². The van der Waals surface area contributed by atoms with Crippen molar-refractivity contribution in [3.8, 4) is 5.75 Å². The third-order valence-corrected chi connectivity index (χ3v) is 3.61. The lowest BCUT2D eigenvalue weighted by Crippen LogP contribution is -2.23. The van der Waals surface area contributed by atoms with E-state index in [4.69, 9.17) is 4.74 Å². The summed E-state index contributed by atoms with van der Waals surface area (Å²) in [6, 6.07) is 5.05. The number of hydrogen-bond donors (Lipinski definition) is 2. The number of halogens is 1. The van der Waals surface area contributed by atoms with Gasteiger partial charge in [0.1, 0.15) is 11.6 Å². The standard InChI is InChI=1S/C18H25FO4/c1-12(2)13(3)4-7-15(20)10-16(21)11-18(22)23-17-8-5-14(19)6-9-17/h5-6,8-9,12,15-16,20-21H,3-4,7,10-11H2,1-2H3. The van der Waals surface area contributed by atoms with Crippen molar-refractivity contribution in [2.75, 3.05) is 0 Å². The minimum Gasteiger partial charge on any atom is -0.426 e. The van der Waals surface area contributed by atoms with E-state index >= 15 is 0 Å². The number of ether oxygens (including phenoxy) is 1. The topological polar surface area (TPSA) is 66.8 Å². The van der Waals surface area contributed by atoms with Crippen LogP contribution in [-0.2, 0) is 4.79 Å². The van der Waals surface area contributed by atoms with Gasteiger partial charge in [-0.1, -0.05) is 26.0 Å². The predicted octanol–water partition coefficient (Wildman–Crippen LogP) is 3.23. The van der Waals surface area contributed by atoms with Crippen LogP contribution in [0.15, 0.2) is 36.4 Å². The molecule has 0 saturated heterocycles. The molecule has 0 spiro atoms. The van der Waals surface area contributed by atoms with Crippen LogP contribution >= 0.6 is 0 Å². The Kier molecular flexibility index (Phi) is 7.92. The number of hydrogen-bond acceptors (Lipinski definition) is 4. The quantitative estimate of drug-likeness (QED) is 0.416. The van der Waals surface area contributed by atoms with Gasteiger partial charge in [-0.15, -0.1) is 0 Å². The molecule has 1 aromatic rings. The van der Waals surface area contributed by atoms with Gasteiger partial charge in [0.25, 0.3) is 0 Å². The van der Waals surface area contributed by atoms with Crippen molar-refractivity contribution in [1.82, 2.24) is 0 Å². The van der Waals surface area contributed by atoms with E-state index < -0.39 is 24.0 Å². The van der Waals surface area contributed by atoms with Crippen molar-refractivity contribution in [3.05, 3.63) is 42.2 Å². The lowest BCUT2D eigenvalue weighted by molar-refractivity contribution is -0.136. The first-order valence-corrected chi connectivity index (χ1v) is 7.78. The highest BCUT2D eigenvalue weighted by atomic mass is 19.1. The highest BCUT2D eigenvalue weighted by Gasteiger charge is 2.17. The molecule has 0 fully saturated rings. The Balaban J connectivity index is 2.31. The fraction of sp³-hybridized carbons (Fsp3) is 0.500. The lowest BCUT2D eigenvalue weighted by Gasteiger charge is -2.16. The van der Waals surface area contributed by atoms with E-state index in [1.807, 2.05) is 13.8 Å². The Hall–Kier alpha value is -1.72. The zero-order chi connectivity index (χ0) is 17.4. The van der Waals surface area contributed by atoms with E-state index in [9.17, 15) is 19.4 Å². The van der Waals surface area contributed by atoms with Crippen LogP contribution in [-0.4, -0.2) is 28.4 Å². The molecule has 128 valence electrons. The Labute approximate surface area is 136 Å². The minimum atomic E-state index is -0.981. The number of aliphatic hydroxyl groups excluding tert-OH is 2. The van der Waals surface area contributed by atoms with Crippen LogP contribution in [0.3, 0.4) is 0 Å². The normalized spacial score (nSPS) is 13.7. The molecule has 0 aliphatic rings. The smallest absolute Gasteiger partial charge is 0.313 e. The van der Waals surface area contributed by atoms with E-state index in [0.717, 1.165) is 5.57 Å². The zero-order valence-electron chi connectivity index (χ0n) is 13.7. The summed E-state index contributed by atoms with van der Waals surface area (Å²) in [5, 5.41) is 19.7. The second kappa shape index (κ2) is 9.43. The molecule has 0 amide bonds. The molecule has 0 bridgehead atoms. The first-order valence-electron chi connectivity index (χ1n) is 7.78. The van der Waals surface area contributed by atoms with Crippen molar-refractivity contribution in [3.63, 3.8) is 0 Å². The molecule has 2 atom stereocenters. The number of benzene rings is 1. The second-order valence-corrected chi connectivity index (χ2v) is 6.03. The maximum Gasteiger partial charge on any atom is 0.313 e. The number of carbonyl (C=O) groups excluding carboxylic acids is 1. The number of aliphatic hydroxyl groups is 2. The fourth-order valence-corrected chi connectivity index (χ4v) is 2.02. The van der Waals surface area contributed by atoms with Crippen LogP contribution in [0.25, 0.3) is 0 Å². The molecule has 0 aliphatic carbocycles. The number of rotatable bonds is 9. The Morgan fingerprint density at radius 1 is 1.22 bits per heavy atom. The molecule has 2 N–H and O–H groups in total. The van der Waals surface area contributed by atoms with E-state index in [2.05, 4.69) is 6.58 Å². The van der Waals surface area contributed by atoms with Crippen LogP contribution in [0, 0.1) is 11.7 Å². The van der Waals surface area contributed by atoms with Crippen LogP contribution in [0.1, 0.15) is 39.5 Å². The average molecular weight is 324 g/mol. The van der Waals surface area contributed by atoms with Gasteiger partial charge in [0.2, 0.25) is 0 Å². The van der Waals surface area contributed by atoms with Gasteiger partial charge in [-0.25, -0.2) is 4.39 Å². The van der Waals surface area contributed by atoms with Gasteiger partial charge in [0.05, 0.1) is 18.6 Å². The van der Waals surface area contributed by atoms with Crippen LogP contribution in [0.5, 0.6) is 5.75 Å². The number of esters is 1. The van der Waals surface area contributed by atoms with Crippen molar-refractivity contribution in [2.24, 2.45) is 5.92 Å². The first kappa shape index (κ1) is 19.3. The summed E-state index contributed by atoms with van der Waals surface area (Å²) in [6.07, 6.45) is -0.611.